The molecule has 0 amide bonds. The van der Waals surface area contributed by atoms with Gasteiger partial charge in [-0.2, -0.15) is 0 Å². The van der Waals surface area contributed by atoms with Crippen LogP contribution < -0.4 is 0 Å². The van der Waals surface area contributed by atoms with Crippen molar-refractivity contribution >= 4 is 17.9 Å². The smallest absolute Gasteiger partial charge is 0.201 e. The van der Waals surface area contributed by atoms with E-state index in [4.69, 9.17) is 9.84 Å². The molecule has 3 aliphatic rings. The number of hydrogen-bond acceptors (Lipinski definition) is 8. The summed E-state index contributed by atoms with van der Waals surface area (Å²) in [4.78, 5) is 14.0. The summed E-state index contributed by atoms with van der Waals surface area (Å²) in [7, 11) is 0. The molecule has 8 nitrogen and oxygen atoms in total. The third kappa shape index (κ3) is 1.96. The van der Waals surface area contributed by atoms with Crippen LogP contribution in [0.2, 0.25) is 0 Å². The molecule has 0 aliphatic carbocycles. The summed E-state index contributed by atoms with van der Waals surface area (Å²) in [6.07, 6.45) is -0.0484. The van der Waals surface area contributed by atoms with Crippen LogP contribution >= 0.6 is 0 Å². The number of rotatable bonds is 2. The number of amidine groups is 1. The fourth-order valence-electron chi connectivity index (χ4n) is 2.47. The van der Waals surface area contributed by atoms with Crippen molar-refractivity contribution in [2.75, 3.05) is 13.3 Å². The summed E-state index contributed by atoms with van der Waals surface area (Å²) >= 11 is 0. The molecule has 19 heavy (non-hydrogen) atoms. The van der Waals surface area contributed by atoms with Crippen LogP contribution in [-0.2, 0) is 4.74 Å². The first kappa shape index (κ1) is 12.7. The number of ether oxygens (including phenoxy) is 1. The quantitative estimate of drug-likeness (QED) is 0.554. The van der Waals surface area contributed by atoms with Crippen LogP contribution in [0.3, 0.4) is 0 Å². The molecule has 8 heteroatoms. The van der Waals surface area contributed by atoms with Gasteiger partial charge in [-0.25, -0.2) is 9.98 Å². The summed E-state index contributed by atoms with van der Waals surface area (Å²) < 4.78 is 5.57. The van der Waals surface area contributed by atoms with Crippen molar-refractivity contribution < 1.29 is 20.1 Å². The van der Waals surface area contributed by atoms with Gasteiger partial charge in [0, 0.05) is 6.42 Å². The molecule has 0 bridgehead atoms. The molecule has 0 spiro atoms. The molecule has 3 rings (SSSR count). The molecule has 1 saturated heterocycles. The molecule has 104 valence electrons. The van der Waals surface area contributed by atoms with E-state index in [0.717, 1.165) is 0 Å². The second kappa shape index (κ2) is 4.34. The Kier molecular flexibility index (Phi) is 2.90. The molecule has 3 heterocycles. The standard InChI is InChI=1S/C11H16N4O4/c1-11(18)9-10(12-4-14-11)15(5-13-9)8-2-6(17)7(3-16)19-8/h4,6-8,16-18H,2-3,5H2,1H3/t6-,7+,8+,11?/m0/s1. The van der Waals surface area contributed by atoms with Gasteiger partial charge in [-0.1, -0.05) is 0 Å². The van der Waals surface area contributed by atoms with E-state index in [9.17, 15) is 10.2 Å². The van der Waals surface area contributed by atoms with E-state index in [1.807, 2.05) is 0 Å². The summed E-state index contributed by atoms with van der Waals surface area (Å²) in [5, 5.41) is 28.9. The van der Waals surface area contributed by atoms with E-state index < -0.39 is 24.2 Å². The van der Waals surface area contributed by atoms with Crippen LogP contribution in [0.1, 0.15) is 13.3 Å². The van der Waals surface area contributed by atoms with Gasteiger partial charge in [-0.15, -0.1) is 0 Å². The van der Waals surface area contributed by atoms with Crippen molar-refractivity contribution in [1.29, 1.82) is 0 Å². The molecule has 1 unspecified atom stereocenters. The zero-order valence-electron chi connectivity index (χ0n) is 10.5. The first-order valence-corrected chi connectivity index (χ1v) is 6.13. The predicted molar refractivity (Wildman–Crippen MR) is 67.1 cm³/mol. The molecule has 4 atom stereocenters. The van der Waals surface area contributed by atoms with Gasteiger partial charge in [-0.3, -0.25) is 4.99 Å². The van der Waals surface area contributed by atoms with Gasteiger partial charge in [0.1, 0.15) is 31.1 Å². The molecule has 3 aliphatic heterocycles. The lowest BCUT2D eigenvalue weighted by Crippen LogP contribution is -2.47. The van der Waals surface area contributed by atoms with Gasteiger partial charge < -0.3 is 25.0 Å². The van der Waals surface area contributed by atoms with Gasteiger partial charge in [0.15, 0.2) is 5.84 Å². The summed E-state index contributed by atoms with van der Waals surface area (Å²) in [6.45, 7) is 1.61. The Labute approximate surface area is 109 Å². The lowest BCUT2D eigenvalue weighted by molar-refractivity contribution is -0.0560. The Morgan fingerprint density at radius 2 is 2.37 bits per heavy atom. The van der Waals surface area contributed by atoms with Gasteiger partial charge >= 0.3 is 0 Å². The minimum Gasteiger partial charge on any atom is -0.394 e. The maximum absolute atomic E-state index is 10.1. The Hall–Kier alpha value is -1.35. The largest absolute Gasteiger partial charge is 0.394 e. The predicted octanol–water partition coefficient (Wildman–Crippen LogP) is -1.68. The van der Waals surface area contributed by atoms with E-state index in [-0.39, 0.29) is 6.61 Å². The van der Waals surface area contributed by atoms with Gasteiger partial charge in [-0.05, 0) is 6.92 Å². The average Bonchev–Trinajstić information content (AvgIpc) is 2.92. The van der Waals surface area contributed by atoms with Gasteiger partial charge in [0.2, 0.25) is 5.72 Å². The van der Waals surface area contributed by atoms with E-state index in [1.165, 1.54) is 6.34 Å². The number of aliphatic imine (C=N–C) groups is 3. The van der Waals surface area contributed by atoms with E-state index in [1.54, 1.807) is 11.8 Å². The third-order valence-electron chi connectivity index (χ3n) is 3.53. The topological polar surface area (TPSA) is 110 Å². The van der Waals surface area contributed by atoms with E-state index >= 15 is 0 Å². The van der Waals surface area contributed by atoms with Crippen LogP contribution in [0.25, 0.3) is 0 Å². The maximum Gasteiger partial charge on any atom is 0.201 e. The number of aliphatic hydroxyl groups is 3. The molecule has 0 aromatic carbocycles. The van der Waals surface area contributed by atoms with Crippen molar-refractivity contribution in [3.05, 3.63) is 0 Å². The highest BCUT2D eigenvalue weighted by atomic mass is 16.5. The van der Waals surface area contributed by atoms with E-state index in [0.29, 0.717) is 24.6 Å². The molecule has 0 aromatic rings. The molecular weight excluding hydrogens is 252 g/mol. The number of hydrogen-bond donors (Lipinski definition) is 3. The Balaban J connectivity index is 1.80. The fourth-order valence-corrected chi connectivity index (χ4v) is 2.47. The van der Waals surface area contributed by atoms with Crippen LogP contribution in [0.5, 0.6) is 0 Å². The van der Waals surface area contributed by atoms with Crippen LogP contribution in [-0.4, -0.2) is 75.5 Å². The molecule has 0 radical (unpaired) electrons. The minimum absolute atomic E-state index is 0.231. The SMILES string of the molecule is CC1(O)N=CN=C2C1=NCN2[C@H]1C[C@H](O)[C@@H](CO)O1. The first-order chi connectivity index (χ1) is 9.03. The van der Waals surface area contributed by atoms with Crippen molar-refractivity contribution in [1.82, 2.24) is 4.90 Å². The highest BCUT2D eigenvalue weighted by Crippen LogP contribution is 2.28. The minimum atomic E-state index is -1.38. The highest BCUT2D eigenvalue weighted by molar-refractivity contribution is 6.47. The number of fused-ring (bicyclic) bond motifs is 1. The zero-order chi connectivity index (χ0) is 13.6. The molecule has 1 fully saturated rings. The highest BCUT2D eigenvalue weighted by Gasteiger charge is 2.45. The van der Waals surface area contributed by atoms with Crippen molar-refractivity contribution in [2.24, 2.45) is 15.0 Å². The molecule has 0 aromatic heterocycles. The van der Waals surface area contributed by atoms with Crippen molar-refractivity contribution in [3.8, 4) is 0 Å². The summed E-state index contributed by atoms with van der Waals surface area (Å²) in [5.74, 6) is 0.510. The summed E-state index contributed by atoms with van der Waals surface area (Å²) in [5.41, 5.74) is -0.972. The van der Waals surface area contributed by atoms with Gasteiger partial charge in [0.05, 0.1) is 12.7 Å². The average molecular weight is 268 g/mol. The van der Waals surface area contributed by atoms with Crippen LogP contribution in [0, 0.1) is 0 Å². The van der Waals surface area contributed by atoms with Gasteiger partial charge in [0.25, 0.3) is 0 Å². The number of nitrogens with zero attached hydrogens (tertiary/aromatic N) is 4. The first-order valence-electron chi connectivity index (χ1n) is 6.13. The molecular formula is C11H16N4O4. The second-order valence-corrected chi connectivity index (χ2v) is 4.95. The number of aliphatic hydroxyl groups excluding tert-OH is 2. The molecule has 0 saturated carbocycles. The second-order valence-electron chi connectivity index (χ2n) is 4.95. The zero-order valence-corrected chi connectivity index (χ0v) is 10.5. The van der Waals surface area contributed by atoms with Crippen LogP contribution in [0.4, 0.5) is 0 Å². The third-order valence-corrected chi connectivity index (χ3v) is 3.53. The normalized spacial score (nSPS) is 41.3. The van der Waals surface area contributed by atoms with Crippen LogP contribution in [0.15, 0.2) is 15.0 Å². The van der Waals surface area contributed by atoms with Crippen molar-refractivity contribution in [2.45, 2.75) is 37.5 Å². The van der Waals surface area contributed by atoms with E-state index in [2.05, 4.69) is 15.0 Å². The summed E-state index contributed by atoms with van der Waals surface area (Å²) in [6, 6.07) is 0. The lowest BCUT2D eigenvalue weighted by Gasteiger charge is -2.28. The Bertz CT molecular complexity index is 473. The monoisotopic (exact) mass is 268 g/mol. The molecule has 3 N–H and O–H groups in total. The lowest BCUT2D eigenvalue weighted by atomic mass is 10.1. The van der Waals surface area contributed by atoms with Crippen molar-refractivity contribution in [3.63, 3.8) is 0 Å². The Morgan fingerprint density at radius 1 is 1.58 bits per heavy atom. The fraction of sp³-hybridized carbons (Fsp3) is 0.727. The maximum atomic E-state index is 10.1. The Morgan fingerprint density at radius 3 is 3.05 bits per heavy atom.